The first kappa shape index (κ1) is 13.3. The Balaban J connectivity index is 2.22. The van der Waals surface area contributed by atoms with E-state index in [1.165, 1.54) is 5.56 Å². The first-order chi connectivity index (χ1) is 8.63. The molecule has 0 spiro atoms. The molecule has 0 amide bonds. The van der Waals surface area contributed by atoms with Crippen molar-refractivity contribution in [2.24, 2.45) is 0 Å². The Morgan fingerprint density at radius 2 is 2.22 bits per heavy atom. The molecule has 2 atom stereocenters. The molecule has 0 aliphatic carbocycles. The molecule has 1 aliphatic rings. The largest absolute Gasteiger partial charge is 0.354 e. The SMILES string of the molecule is CNC(C)c1cccnc1N1CCN(C)C(C)C1. The minimum absolute atomic E-state index is 0.337. The molecule has 0 saturated carbocycles. The lowest BCUT2D eigenvalue weighted by Gasteiger charge is -2.39. The maximum atomic E-state index is 4.60. The molecule has 0 bridgehead atoms. The number of anilines is 1. The summed E-state index contributed by atoms with van der Waals surface area (Å²) < 4.78 is 0. The number of hydrogen-bond acceptors (Lipinski definition) is 4. The molecule has 2 rings (SSSR count). The molecular formula is C14H24N4. The number of rotatable bonds is 3. The van der Waals surface area contributed by atoms with Gasteiger partial charge in [0.25, 0.3) is 0 Å². The summed E-state index contributed by atoms with van der Waals surface area (Å²) >= 11 is 0. The van der Waals surface area contributed by atoms with Crippen molar-refractivity contribution in [1.29, 1.82) is 0 Å². The highest BCUT2D eigenvalue weighted by atomic mass is 15.3. The number of piperazine rings is 1. The number of likely N-dealkylation sites (N-methyl/N-ethyl adjacent to an activating group) is 1. The lowest BCUT2D eigenvalue weighted by molar-refractivity contribution is 0.233. The van der Waals surface area contributed by atoms with Crippen LogP contribution < -0.4 is 10.2 Å². The summed E-state index contributed by atoms with van der Waals surface area (Å²) in [5.74, 6) is 1.14. The summed E-state index contributed by atoms with van der Waals surface area (Å²) in [6, 6.07) is 5.11. The Kier molecular flexibility index (Phi) is 4.19. The van der Waals surface area contributed by atoms with Crippen molar-refractivity contribution in [1.82, 2.24) is 15.2 Å². The van der Waals surface area contributed by atoms with E-state index < -0.39 is 0 Å². The zero-order valence-corrected chi connectivity index (χ0v) is 11.8. The number of aromatic nitrogens is 1. The normalized spacial score (nSPS) is 23.1. The van der Waals surface area contributed by atoms with E-state index in [4.69, 9.17) is 0 Å². The zero-order chi connectivity index (χ0) is 13.1. The molecule has 0 radical (unpaired) electrons. The third-order valence-electron chi connectivity index (χ3n) is 3.98. The fourth-order valence-electron chi connectivity index (χ4n) is 2.41. The molecule has 4 heteroatoms. The van der Waals surface area contributed by atoms with Crippen LogP contribution in [0.3, 0.4) is 0 Å². The number of nitrogens with zero attached hydrogens (tertiary/aromatic N) is 3. The van der Waals surface area contributed by atoms with Gasteiger partial charge in [0.2, 0.25) is 0 Å². The molecule has 2 heterocycles. The van der Waals surface area contributed by atoms with E-state index in [1.54, 1.807) is 0 Å². The summed E-state index contributed by atoms with van der Waals surface area (Å²) in [4.78, 5) is 9.41. The van der Waals surface area contributed by atoms with Crippen LogP contribution in [0.15, 0.2) is 18.3 Å². The highest BCUT2D eigenvalue weighted by molar-refractivity contribution is 5.49. The van der Waals surface area contributed by atoms with Gasteiger partial charge in [-0.2, -0.15) is 0 Å². The zero-order valence-electron chi connectivity index (χ0n) is 11.8. The summed E-state index contributed by atoms with van der Waals surface area (Å²) in [7, 11) is 4.19. The van der Waals surface area contributed by atoms with E-state index in [0.717, 1.165) is 25.5 Å². The third-order valence-corrected chi connectivity index (χ3v) is 3.98. The van der Waals surface area contributed by atoms with Crippen LogP contribution in [0.5, 0.6) is 0 Å². The van der Waals surface area contributed by atoms with E-state index in [-0.39, 0.29) is 0 Å². The molecule has 1 saturated heterocycles. The molecule has 0 aromatic carbocycles. The molecule has 1 fully saturated rings. The predicted molar refractivity (Wildman–Crippen MR) is 76.0 cm³/mol. The lowest BCUT2D eigenvalue weighted by Crippen LogP contribution is -2.50. The Bertz CT molecular complexity index is 393. The minimum atomic E-state index is 0.337. The van der Waals surface area contributed by atoms with Gasteiger partial charge in [0.05, 0.1) is 0 Å². The summed E-state index contributed by atoms with van der Waals surface area (Å²) in [6.45, 7) is 7.67. The molecule has 2 unspecified atom stereocenters. The van der Waals surface area contributed by atoms with Crippen LogP contribution in [-0.2, 0) is 0 Å². The van der Waals surface area contributed by atoms with Gasteiger partial charge in [0.15, 0.2) is 0 Å². The van der Waals surface area contributed by atoms with Crippen molar-refractivity contribution in [3.05, 3.63) is 23.9 Å². The molecule has 18 heavy (non-hydrogen) atoms. The summed E-state index contributed by atoms with van der Waals surface area (Å²) in [5.41, 5.74) is 1.29. The monoisotopic (exact) mass is 248 g/mol. The van der Waals surface area contributed by atoms with Gasteiger partial charge in [-0.05, 0) is 34.0 Å². The van der Waals surface area contributed by atoms with E-state index >= 15 is 0 Å². The Hall–Kier alpha value is -1.13. The lowest BCUT2D eigenvalue weighted by atomic mass is 10.1. The van der Waals surface area contributed by atoms with Crippen molar-refractivity contribution < 1.29 is 0 Å². The average Bonchev–Trinajstić information content (AvgIpc) is 2.41. The Morgan fingerprint density at radius 1 is 1.44 bits per heavy atom. The topological polar surface area (TPSA) is 31.4 Å². The second kappa shape index (κ2) is 5.67. The summed E-state index contributed by atoms with van der Waals surface area (Å²) in [6.07, 6.45) is 1.89. The van der Waals surface area contributed by atoms with Crippen LogP contribution in [0, 0.1) is 0 Å². The van der Waals surface area contributed by atoms with Crippen molar-refractivity contribution >= 4 is 5.82 Å². The van der Waals surface area contributed by atoms with Crippen LogP contribution in [0.2, 0.25) is 0 Å². The van der Waals surface area contributed by atoms with Crippen LogP contribution in [0.1, 0.15) is 25.5 Å². The van der Waals surface area contributed by atoms with Crippen molar-refractivity contribution in [2.75, 3.05) is 38.6 Å². The molecule has 1 aromatic heterocycles. The molecule has 100 valence electrons. The van der Waals surface area contributed by atoms with Gasteiger partial charge >= 0.3 is 0 Å². The summed E-state index contributed by atoms with van der Waals surface area (Å²) in [5, 5.41) is 3.30. The van der Waals surface area contributed by atoms with Crippen LogP contribution in [-0.4, -0.2) is 49.7 Å². The highest BCUT2D eigenvalue weighted by Crippen LogP contribution is 2.25. The van der Waals surface area contributed by atoms with E-state index in [9.17, 15) is 0 Å². The maximum absolute atomic E-state index is 4.60. The molecule has 1 aliphatic heterocycles. The smallest absolute Gasteiger partial charge is 0.133 e. The number of hydrogen-bond donors (Lipinski definition) is 1. The maximum Gasteiger partial charge on any atom is 0.133 e. The van der Waals surface area contributed by atoms with Crippen LogP contribution >= 0.6 is 0 Å². The molecule has 4 nitrogen and oxygen atoms in total. The molecule has 1 N–H and O–H groups in total. The van der Waals surface area contributed by atoms with Gasteiger partial charge in [0.1, 0.15) is 5.82 Å². The van der Waals surface area contributed by atoms with Crippen molar-refractivity contribution in [2.45, 2.75) is 25.9 Å². The fourth-order valence-corrected chi connectivity index (χ4v) is 2.41. The van der Waals surface area contributed by atoms with Crippen LogP contribution in [0.4, 0.5) is 5.82 Å². The highest BCUT2D eigenvalue weighted by Gasteiger charge is 2.24. The first-order valence-corrected chi connectivity index (χ1v) is 6.71. The standard InChI is InChI=1S/C14H24N4/c1-11-10-18(9-8-17(11)4)14-13(12(2)15-3)6-5-7-16-14/h5-7,11-12,15H,8-10H2,1-4H3. The van der Waals surface area contributed by atoms with E-state index in [1.807, 2.05) is 19.3 Å². The second-order valence-electron chi connectivity index (χ2n) is 5.20. The second-order valence-corrected chi connectivity index (χ2v) is 5.20. The van der Waals surface area contributed by atoms with Crippen molar-refractivity contribution in [3.8, 4) is 0 Å². The number of nitrogens with one attached hydrogen (secondary N) is 1. The quantitative estimate of drug-likeness (QED) is 0.878. The fraction of sp³-hybridized carbons (Fsp3) is 0.643. The van der Waals surface area contributed by atoms with E-state index in [2.05, 4.69) is 47.1 Å². The van der Waals surface area contributed by atoms with Gasteiger partial charge in [-0.3, -0.25) is 0 Å². The van der Waals surface area contributed by atoms with Gasteiger partial charge in [-0.1, -0.05) is 6.07 Å². The van der Waals surface area contributed by atoms with Gasteiger partial charge in [-0.15, -0.1) is 0 Å². The first-order valence-electron chi connectivity index (χ1n) is 6.71. The van der Waals surface area contributed by atoms with Gasteiger partial charge in [0, 0.05) is 43.5 Å². The average molecular weight is 248 g/mol. The van der Waals surface area contributed by atoms with Crippen molar-refractivity contribution in [3.63, 3.8) is 0 Å². The van der Waals surface area contributed by atoms with Crippen LogP contribution in [0.25, 0.3) is 0 Å². The van der Waals surface area contributed by atoms with E-state index in [0.29, 0.717) is 12.1 Å². The Morgan fingerprint density at radius 3 is 2.89 bits per heavy atom. The molecule has 1 aromatic rings. The Labute approximate surface area is 110 Å². The van der Waals surface area contributed by atoms with Gasteiger partial charge in [-0.25, -0.2) is 4.98 Å². The number of pyridine rings is 1. The molecular weight excluding hydrogens is 224 g/mol. The predicted octanol–water partition coefficient (Wildman–Crippen LogP) is 1.50. The minimum Gasteiger partial charge on any atom is -0.354 e. The van der Waals surface area contributed by atoms with Gasteiger partial charge < -0.3 is 15.1 Å². The third kappa shape index (κ3) is 2.65.